The average Bonchev–Trinajstić information content (AvgIpc) is 2.97. The summed E-state index contributed by atoms with van der Waals surface area (Å²) in [4.78, 5) is 0. The standard InChI is InChI=1S/C16H17F2N3/c1-11-7-8-14(17)13(16(11)18)9-21-10-15(19-20-21)12-5-3-2-4-6-12/h2-3,7-8,10,12H,4-6,9H2,1H3/t12-/m0/s1. The Balaban J connectivity index is 1.82. The van der Waals surface area contributed by atoms with Crippen molar-refractivity contribution in [3.63, 3.8) is 0 Å². The third-order valence-electron chi connectivity index (χ3n) is 3.94. The monoisotopic (exact) mass is 289 g/mol. The molecule has 2 aromatic rings. The fourth-order valence-corrected chi connectivity index (χ4v) is 2.66. The third kappa shape index (κ3) is 2.86. The highest BCUT2D eigenvalue weighted by molar-refractivity contribution is 5.26. The van der Waals surface area contributed by atoms with Gasteiger partial charge in [0.05, 0.1) is 12.2 Å². The van der Waals surface area contributed by atoms with Crippen molar-refractivity contribution in [2.75, 3.05) is 0 Å². The van der Waals surface area contributed by atoms with E-state index in [1.54, 1.807) is 13.1 Å². The Bertz CT molecular complexity index is 676. The van der Waals surface area contributed by atoms with E-state index in [1.807, 2.05) is 0 Å². The highest BCUT2D eigenvalue weighted by Crippen LogP contribution is 2.27. The summed E-state index contributed by atoms with van der Waals surface area (Å²) < 4.78 is 29.3. The van der Waals surface area contributed by atoms with Crippen molar-refractivity contribution < 1.29 is 8.78 Å². The van der Waals surface area contributed by atoms with Gasteiger partial charge in [-0.2, -0.15) is 0 Å². The molecule has 1 aromatic carbocycles. The zero-order chi connectivity index (χ0) is 14.8. The minimum atomic E-state index is -0.546. The van der Waals surface area contributed by atoms with E-state index in [0.717, 1.165) is 25.0 Å². The van der Waals surface area contributed by atoms with E-state index in [4.69, 9.17) is 0 Å². The normalized spacial score (nSPS) is 18.1. The van der Waals surface area contributed by atoms with E-state index >= 15 is 0 Å². The topological polar surface area (TPSA) is 30.7 Å². The molecule has 1 heterocycles. The Morgan fingerprint density at radius 2 is 2.14 bits per heavy atom. The SMILES string of the molecule is Cc1ccc(F)c(Cn2cc([C@H]3CC=CCC3)nn2)c1F. The molecule has 0 saturated heterocycles. The number of allylic oxidation sites excluding steroid dienone is 2. The summed E-state index contributed by atoms with van der Waals surface area (Å²) in [6.45, 7) is 1.69. The first-order valence-electron chi connectivity index (χ1n) is 7.13. The molecular formula is C16H17F2N3. The molecule has 1 aliphatic rings. The van der Waals surface area contributed by atoms with Gasteiger partial charge in [0.2, 0.25) is 0 Å². The van der Waals surface area contributed by atoms with Crippen molar-refractivity contribution in [3.05, 3.63) is 58.9 Å². The van der Waals surface area contributed by atoms with Crippen molar-refractivity contribution in [2.45, 2.75) is 38.6 Å². The molecule has 0 unspecified atom stereocenters. The summed E-state index contributed by atoms with van der Waals surface area (Å²) in [5.74, 6) is -0.695. The lowest BCUT2D eigenvalue weighted by Crippen LogP contribution is -2.06. The maximum Gasteiger partial charge on any atom is 0.134 e. The van der Waals surface area contributed by atoms with Crippen LogP contribution in [0.2, 0.25) is 0 Å². The predicted molar refractivity (Wildman–Crippen MR) is 76.0 cm³/mol. The Kier molecular flexibility index (Phi) is 3.82. The lowest BCUT2D eigenvalue weighted by Gasteiger charge is -2.14. The third-order valence-corrected chi connectivity index (χ3v) is 3.94. The second-order valence-electron chi connectivity index (χ2n) is 5.48. The van der Waals surface area contributed by atoms with Crippen LogP contribution in [0.5, 0.6) is 0 Å². The van der Waals surface area contributed by atoms with Gasteiger partial charge in [0.15, 0.2) is 0 Å². The highest BCUT2D eigenvalue weighted by atomic mass is 19.1. The van der Waals surface area contributed by atoms with Gasteiger partial charge >= 0.3 is 0 Å². The molecule has 0 aliphatic heterocycles. The number of hydrogen-bond acceptors (Lipinski definition) is 2. The number of rotatable bonds is 3. The van der Waals surface area contributed by atoms with E-state index in [1.165, 1.54) is 16.8 Å². The highest BCUT2D eigenvalue weighted by Gasteiger charge is 2.17. The Morgan fingerprint density at radius 3 is 2.90 bits per heavy atom. The second kappa shape index (κ2) is 5.76. The molecule has 0 bridgehead atoms. The molecule has 0 radical (unpaired) electrons. The maximum absolute atomic E-state index is 14.0. The van der Waals surface area contributed by atoms with Crippen LogP contribution in [-0.2, 0) is 6.54 Å². The van der Waals surface area contributed by atoms with Gasteiger partial charge in [0.25, 0.3) is 0 Å². The molecule has 3 nitrogen and oxygen atoms in total. The average molecular weight is 289 g/mol. The first-order valence-corrected chi connectivity index (χ1v) is 7.13. The van der Waals surface area contributed by atoms with Crippen molar-refractivity contribution in [3.8, 4) is 0 Å². The Labute approximate surface area is 122 Å². The van der Waals surface area contributed by atoms with Gasteiger partial charge in [-0.25, -0.2) is 13.5 Å². The molecule has 0 saturated carbocycles. The molecular weight excluding hydrogens is 272 g/mol. The summed E-state index contributed by atoms with van der Waals surface area (Å²) in [6, 6.07) is 2.73. The van der Waals surface area contributed by atoms with E-state index in [0.29, 0.717) is 11.5 Å². The Morgan fingerprint density at radius 1 is 1.29 bits per heavy atom. The molecule has 1 atom stereocenters. The van der Waals surface area contributed by atoms with Crippen molar-refractivity contribution in [2.24, 2.45) is 0 Å². The van der Waals surface area contributed by atoms with Crippen molar-refractivity contribution in [1.82, 2.24) is 15.0 Å². The van der Waals surface area contributed by atoms with Crippen LogP contribution in [0, 0.1) is 18.6 Å². The van der Waals surface area contributed by atoms with Crippen LogP contribution in [0.15, 0.2) is 30.5 Å². The molecule has 21 heavy (non-hydrogen) atoms. The first-order chi connectivity index (χ1) is 10.1. The lowest BCUT2D eigenvalue weighted by molar-refractivity contribution is 0.523. The molecule has 5 heteroatoms. The number of hydrogen-bond donors (Lipinski definition) is 0. The summed E-state index contributed by atoms with van der Waals surface area (Å²) in [5, 5.41) is 8.16. The molecule has 1 aliphatic carbocycles. The molecule has 1 aromatic heterocycles. The quantitative estimate of drug-likeness (QED) is 0.806. The van der Waals surface area contributed by atoms with E-state index in [9.17, 15) is 8.78 Å². The molecule has 0 amide bonds. The minimum Gasteiger partial charge on any atom is -0.248 e. The van der Waals surface area contributed by atoms with E-state index in [2.05, 4.69) is 22.5 Å². The van der Waals surface area contributed by atoms with Gasteiger partial charge in [-0.15, -0.1) is 5.10 Å². The fourth-order valence-electron chi connectivity index (χ4n) is 2.66. The number of halogens is 2. The van der Waals surface area contributed by atoms with E-state index < -0.39 is 11.6 Å². The second-order valence-corrected chi connectivity index (χ2v) is 5.48. The van der Waals surface area contributed by atoms with Crippen LogP contribution in [0.3, 0.4) is 0 Å². The van der Waals surface area contributed by atoms with Gasteiger partial charge in [0, 0.05) is 17.7 Å². The lowest BCUT2D eigenvalue weighted by atomic mass is 9.92. The zero-order valence-corrected chi connectivity index (χ0v) is 11.9. The molecule has 0 N–H and O–H groups in total. The molecule has 0 fully saturated rings. The number of nitrogens with zero attached hydrogens (tertiary/aromatic N) is 3. The van der Waals surface area contributed by atoms with Crippen molar-refractivity contribution in [1.29, 1.82) is 0 Å². The summed E-state index contributed by atoms with van der Waals surface area (Å²) in [7, 11) is 0. The number of aryl methyl sites for hydroxylation is 1. The van der Waals surface area contributed by atoms with Crippen molar-refractivity contribution >= 4 is 0 Å². The molecule has 110 valence electrons. The molecule has 0 spiro atoms. The number of benzene rings is 1. The van der Waals surface area contributed by atoms with Crippen LogP contribution in [0.25, 0.3) is 0 Å². The molecule has 3 rings (SSSR count). The zero-order valence-electron chi connectivity index (χ0n) is 11.9. The maximum atomic E-state index is 14.0. The van der Waals surface area contributed by atoms with Crippen LogP contribution < -0.4 is 0 Å². The summed E-state index contributed by atoms with van der Waals surface area (Å²) >= 11 is 0. The van der Waals surface area contributed by atoms with Crippen LogP contribution in [-0.4, -0.2) is 15.0 Å². The van der Waals surface area contributed by atoms with Gasteiger partial charge in [0.1, 0.15) is 11.6 Å². The predicted octanol–water partition coefficient (Wildman–Crippen LogP) is 3.74. The smallest absolute Gasteiger partial charge is 0.134 e. The minimum absolute atomic E-state index is 0.0370. The van der Waals surface area contributed by atoms with Crippen LogP contribution in [0.4, 0.5) is 8.78 Å². The van der Waals surface area contributed by atoms with Crippen LogP contribution >= 0.6 is 0 Å². The fraction of sp³-hybridized carbons (Fsp3) is 0.375. The van der Waals surface area contributed by atoms with E-state index in [-0.39, 0.29) is 12.1 Å². The van der Waals surface area contributed by atoms with Gasteiger partial charge < -0.3 is 0 Å². The Hall–Kier alpha value is -2.04. The first kappa shape index (κ1) is 13.9. The number of aromatic nitrogens is 3. The van der Waals surface area contributed by atoms with Gasteiger partial charge in [-0.05, 0) is 37.8 Å². The largest absolute Gasteiger partial charge is 0.248 e. The van der Waals surface area contributed by atoms with Crippen LogP contribution in [0.1, 0.15) is 42.0 Å². The summed E-state index contributed by atoms with van der Waals surface area (Å²) in [6.07, 6.45) is 9.14. The van der Waals surface area contributed by atoms with Gasteiger partial charge in [-0.1, -0.05) is 23.4 Å². The summed E-state index contributed by atoms with van der Waals surface area (Å²) in [5.41, 5.74) is 1.37. The van der Waals surface area contributed by atoms with Gasteiger partial charge in [-0.3, -0.25) is 0 Å².